The third-order valence-electron chi connectivity index (χ3n) is 3.10. The van der Waals surface area contributed by atoms with Gasteiger partial charge in [-0.25, -0.2) is 0 Å². The fourth-order valence-corrected chi connectivity index (χ4v) is 2.26. The van der Waals surface area contributed by atoms with Gasteiger partial charge in [-0.3, -0.25) is 0 Å². The molecule has 0 heterocycles. The van der Waals surface area contributed by atoms with Crippen LogP contribution in [0.15, 0.2) is 18.2 Å². The molecular formula is C12H14O2. The van der Waals surface area contributed by atoms with Crippen LogP contribution in [0.2, 0.25) is 0 Å². The number of phenolic OH excluding ortho intramolecular Hbond substituents is 1. The molecule has 1 aliphatic rings. The van der Waals surface area contributed by atoms with Gasteiger partial charge in [0.1, 0.15) is 12.0 Å². The lowest BCUT2D eigenvalue weighted by atomic mass is 9.90. The van der Waals surface area contributed by atoms with Crippen molar-refractivity contribution in [3.05, 3.63) is 29.3 Å². The van der Waals surface area contributed by atoms with Crippen molar-refractivity contribution in [2.24, 2.45) is 5.92 Å². The number of aryl methyl sites for hydroxylation is 1. The summed E-state index contributed by atoms with van der Waals surface area (Å²) in [6, 6.07) is 5.47. The van der Waals surface area contributed by atoms with Gasteiger partial charge in [0.05, 0.1) is 0 Å². The first kappa shape index (κ1) is 9.25. The SMILES string of the molecule is CC(C=O)C1CCc2ccc(O)cc21. The Kier molecular flexibility index (Phi) is 2.28. The molecule has 74 valence electrons. The number of hydrogen-bond donors (Lipinski definition) is 1. The fraction of sp³-hybridized carbons (Fsp3) is 0.417. The Morgan fingerprint density at radius 1 is 1.57 bits per heavy atom. The van der Waals surface area contributed by atoms with Crippen LogP contribution in [0.3, 0.4) is 0 Å². The summed E-state index contributed by atoms with van der Waals surface area (Å²) < 4.78 is 0. The van der Waals surface area contributed by atoms with Gasteiger partial charge in [-0.05, 0) is 42.0 Å². The molecule has 2 atom stereocenters. The van der Waals surface area contributed by atoms with Crippen LogP contribution in [0.5, 0.6) is 5.75 Å². The lowest BCUT2D eigenvalue weighted by Gasteiger charge is -2.14. The van der Waals surface area contributed by atoms with Crippen molar-refractivity contribution in [1.29, 1.82) is 0 Å². The van der Waals surface area contributed by atoms with E-state index in [0.29, 0.717) is 11.7 Å². The van der Waals surface area contributed by atoms with E-state index in [0.717, 1.165) is 24.7 Å². The first-order valence-electron chi connectivity index (χ1n) is 4.99. The average molecular weight is 190 g/mol. The van der Waals surface area contributed by atoms with Gasteiger partial charge in [0.15, 0.2) is 0 Å². The first-order valence-corrected chi connectivity index (χ1v) is 4.99. The van der Waals surface area contributed by atoms with Gasteiger partial charge >= 0.3 is 0 Å². The van der Waals surface area contributed by atoms with Gasteiger partial charge in [-0.2, -0.15) is 0 Å². The van der Waals surface area contributed by atoms with Gasteiger partial charge in [0, 0.05) is 5.92 Å². The summed E-state index contributed by atoms with van der Waals surface area (Å²) >= 11 is 0. The molecule has 0 bridgehead atoms. The van der Waals surface area contributed by atoms with Crippen LogP contribution in [-0.2, 0) is 11.2 Å². The third-order valence-corrected chi connectivity index (χ3v) is 3.10. The third kappa shape index (κ3) is 1.41. The van der Waals surface area contributed by atoms with Crippen LogP contribution in [0, 0.1) is 5.92 Å². The Morgan fingerprint density at radius 2 is 2.36 bits per heavy atom. The van der Waals surface area contributed by atoms with Gasteiger partial charge in [-0.15, -0.1) is 0 Å². The average Bonchev–Trinajstić information content (AvgIpc) is 2.59. The van der Waals surface area contributed by atoms with Gasteiger partial charge in [-0.1, -0.05) is 13.0 Å². The smallest absolute Gasteiger partial charge is 0.123 e. The molecular weight excluding hydrogens is 176 g/mol. The maximum atomic E-state index is 10.7. The van der Waals surface area contributed by atoms with Crippen molar-refractivity contribution in [2.45, 2.75) is 25.7 Å². The van der Waals surface area contributed by atoms with Crippen molar-refractivity contribution in [2.75, 3.05) is 0 Å². The molecule has 0 radical (unpaired) electrons. The topological polar surface area (TPSA) is 37.3 Å². The Morgan fingerprint density at radius 3 is 3.07 bits per heavy atom. The largest absolute Gasteiger partial charge is 0.508 e. The monoisotopic (exact) mass is 190 g/mol. The summed E-state index contributed by atoms with van der Waals surface area (Å²) in [6.45, 7) is 1.94. The Labute approximate surface area is 83.6 Å². The zero-order valence-corrected chi connectivity index (χ0v) is 8.23. The van der Waals surface area contributed by atoms with Crippen LogP contribution >= 0.6 is 0 Å². The summed E-state index contributed by atoms with van der Waals surface area (Å²) in [5.74, 6) is 0.654. The fourth-order valence-electron chi connectivity index (χ4n) is 2.26. The molecule has 1 aromatic rings. The summed E-state index contributed by atoms with van der Waals surface area (Å²) in [7, 11) is 0. The number of hydrogen-bond acceptors (Lipinski definition) is 2. The van der Waals surface area contributed by atoms with E-state index in [1.54, 1.807) is 12.1 Å². The van der Waals surface area contributed by atoms with Crippen LogP contribution in [0.4, 0.5) is 0 Å². The standard InChI is InChI=1S/C12H14O2/c1-8(7-13)11-5-3-9-2-4-10(14)6-12(9)11/h2,4,6-8,11,14H,3,5H2,1H3. The zero-order chi connectivity index (χ0) is 10.1. The number of carbonyl (C=O) groups excluding carboxylic acids is 1. The van der Waals surface area contributed by atoms with E-state index in [2.05, 4.69) is 0 Å². The summed E-state index contributed by atoms with van der Waals surface area (Å²) in [6.07, 6.45) is 3.06. The molecule has 2 nitrogen and oxygen atoms in total. The predicted molar refractivity (Wildman–Crippen MR) is 54.4 cm³/mol. The second kappa shape index (κ2) is 3.45. The number of fused-ring (bicyclic) bond motifs is 1. The van der Waals surface area contributed by atoms with Gasteiger partial charge in [0.2, 0.25) is 0 Å². The van der Waals surface area contributed by atoms with Crippen LogP contribution in [0.25, 0.3) is 0 Å². The minimum Gasteiger partial charge on any atom is -0.508 e. The summed E-state index contributed by atoms with van der Waals surface area (Å²) in [5, 5.41) is 9.38. The predicted octanol–water partition coefficient (Wildman–Crippen LogP) is 2.26. The molecule has 0 saturated carbocycles. The minimum atomic E-state index is 0.0537. The second-order valence-electron chi connectivity index (χ2n) is 4.02. The molecule has 0 saturated heterocycles. The van der Waals surface area contributed by atoms with E-state index in [1.165, 1.54) is 5.56 Å². The molecule has 2 rings (SSSR count). The van der Waals surface area contributed by atoms with Crippen LogP contribution in [0.1, 0.15) is 30.4 Å². The van der Waals surface area contributed by atoms with E-state index >= 15 is 0 Å². The molecule has 0 aromatic heterocycles. The molecule has 0 fully saturated rings. The van der Waals surface area contributed by atoms with Crippen molar-refractivity contribution >= 4 is 6.29 Å². The molecule has 0 amide bonds. The number of carbonyl (C=O) groups is 1. The van der Waals surface area contributed by atoms with Crippen molar-refractivity contribution in [1.82, 2.24) is 0 Å². The van der Waals surface area contributed by atoms with Crippen molar-refractivity contribution in [3.8, 4) is 5.75 Å². The minimum absolute atomic E-state index is 0.0537. The molecule has 1 N–H and O–H groups in total. The molecule has 14 heavy (non-hydrogen) atoms. The zero-order valence-electron chi connectivity index (χ0n) is 8.23. The molecule has 2 unspecified atom stereocenters. The van der Waals surface area contributed by atoms with Gasteiger partial charge in [0.25, 0.3) is 0 Å². The number of rotatable bonds is 2. The molecule has 0 aliphatic heterocycles. The molecule has 2 heteroatoms. The molecule has 1 aliphatic carbocycles. The van der Waals surface area contributed by atoms with E-state index in [4.69, 9.17) is 0 Å². The Hall–Kier alpha value is -1.31. The summed E-state index contributed by atoms with van der Waals surface area (Å²) in [4.78, 5) is 10.7. The normalized spacial score (nSPS) is 21.6. The van der Waals surface area contributed by atoms with E-state index in [1.807, 2.05) is 13.0 Å². The Bertz CT molecular complexity index is 357. The maximum Gasteiger partial charge on any atom is 0.123 e. The quantitative estimate of drug-likeness (QED) is 0.726. The maximum absolute atomic E-state index is 10.7. The Balaban J connectivity index is 2.37. The number of phenols is 1. The lowest BCUT2D eigenvalue weighted by Crippen LogP contribution is -2.07. The van der Waals surface area contributed by atoms with Crippen LogP contribution < -0.4 is 0 Å². The second-order valence-corrected chi connectivity index (χ2v) is 4.02. The van der Waals surface area contributed by atoms with Gasteiger partial charge < -0.3 is 9.90 Å². The highest BCUT2D eigenvalue weighted by Gasteiger charge is 2.27. The highest BCUT2D eigenvalue weighted by molar-refractivity contribution is 5.57. The molecule has 1 aromatic carbocycles. The number of benzene rings is 1. The van der Waals surface area contributed by atoms with E-state index < -0.39 is 0 Å². The van der Waals surface area contributed by atoms with E-state index in [9.17, 15) is 9.90 Å². The van der Waals surface area contributed by atoms with E-state index in [-0.39, 0.29) is 5.92 Å². The van der Waals surface area contributed by atoms with Crippen molar-refractivity contribution < 1.29 is 9.90 Å². The number of aromatic hydroxyl groups is 1. The molecule has 0 spiro atoms. The summed E-state index contributed by atoms with van der Waals surface area (Å²) in [5.41, 5.74) is 2.44. The highest BCUT2D eigenvalue weighted by atomic mass is 16.3. The number of aldehydes is 1. The first-order chi connectivity index (χ1) is 6.72. The van der Waals surface area contributed by atoms with Crippen LogP contribution in [-0.4, -0.2) is 11.4 Å². The van der Waals surface area contributed by atoms with Crippen molar-refractivity contribution in [3.63, 3.8) is 0 Å². The highest BCUT2D eigenvalue weighted by Crippen LogP contribution is 2.39. The lowest BCUT2D eigenvalue weighted by molar-refractivity contribution is -0.111.